The summed E-state index contributed by atoms with van der Waals surface area (Å²) < 4.78 is 57.6. The number of carbonyl (C=O) groups excluding carboxylic acids is 1. The number of halogens is 4. The van der Waals surface area contributed by atoms with Gasteiger partial charge in [-0.15, -0.1) is 0 Å². The molecule has 2 fully saturated rings. The molecule has 1 amide bonds. The van der Waals surface area contributed by atoms with Crippen LogP contribution in [0.4, 0.5) is 29.3 Å². The Morgan fingerprint density at radius 1 is 1.16 bits per heavy atom. The fraction of sp³-hybridized carbons (Fsp3) is 0.750. The number of aliphatic imine (C=N–C) groups is 1. The van der Waals surface area contributed by atoms with Crippen molar-refractivity contribution in [2.45, 2.75) is 76.9 Å². The third-order valence-corrected chi connectivity index (χ3v) is 6.58. The van der Waals surface area contributed by atoms with Gasteiger partial charge in [0.2, 0.25) is 5.95 Å². The molecule has 2 heterocycles. The molecule has 0 aromatic carbocycles. The van der Waals surface area contributed by atoms with Crippen LogP contribution in [0.25, 0.3) is 0 Å². The lowest BCUT2D eigenvalue weighted by Crippen LogP contribution is -2.45. The van der Waals surface area contributed by atoms with Gasteiger partial charge in [0.05, 0.1) is 19.3 Å². The van der Waals surface area contributed by atoms with E-state index in [1.165, 1.54) is 6.20 Å². The highest BCUT2D eigenvalue weighted by molar-refractivity contribution is 5.98. The maximum atomic E-state index is 13.1. The lowest BCUT2D eigenvalue weighted by atomic mass is 9.88. The molecule has 214 valence electrons. The number of piperidine rings is 1. The zero-order valence-corrected chi connectivity index (χ0v) is 21.4. The van der Waals surface area contributed by atoms with Crippen LogP contribution >= 0.6 is 0 Å². The van der Waals surface area contributed by atoms with Crippen LogP contribution in [0.5, 0.6) is 0 Å². The molecule has 1 aromatic rings. The zero-order chi connectivity index (χ0) is 27.5. The number of nitrogens with zero attached hydrogens (tertiary/aromatic N) is 4. The number of hydrogen-bond donors (Lipinski definition) is 3. The number of aliphatic hydroxyl groups excluding tert-OH is 1. The van der Waals surface area contributed by atoms with Gasteiger partial charge in [-0.1, -0.05) is 0 Å². The first-order valence-electron chi connectivity index (χ1n) is 12.9. The molecule has 3 rings (SSSR count). The molecule has 1 saturated carbocycles. The number of amides is 1. The summed E-state index contributed by atoms with van der Waals surface area (Å²) in [4.78, 5) is 28.1. The molecule has 0 unspecified atom stereocenters. The third-order valence-electron chi connectivity index (χ3n) is 6.58. The average Bonchev–Trinajstić information content (AvgIpc) is 2.88. The van der Waals surface area contributed by atoms with Gasteiger partial charge < -0.3 is 30.1 Å². The number of nitrogens with one attached hydrogen (secondary N) is 2. The van der Waals surface area contributed by atoms with E-state index in [2.05, 4.69) is 35.1 Å². The summed E-state index contributed by atoms with van der Waals surface area (Å²) in [6.07, 6.45) is 6.95. The molecule has 2 aliphatic rings. The molecule has 14 heteroatoms. The summed E-state index contributed by atoms with van der Waals surface area (Å²) in [5, 5.41) is 15.6. The van der Waals surface area contributed by atoms with Crippen LogP contribution in [0.1, 0.15) is 55.8 Å². The van der Waals surface area contributed by atoms with Gasteiger partial charge in [-0.2, -0.15) is 22.5 Å². The molecular formula is C24H36F4N6O4. The van der Waals surface area contributed by atoms with Gasteiger partial charge in [0.1, 0.15) is 5.56 Å². The molecule has 1 aliphatic carbocycles. The van der Waals surface area contributed by atoms with Gasteiger partial charge >= 0.3 is 13.2 Å². The third kappa shape index (κ3) is 10.4. The minimum atomic E-state index is -2.89. The Labute approximate surface area is 219 Å². The fourth-order valence-electron chi connectivity index (χ4n) is 4.44. The van der Waals surface area contributed by atoms with Gasteiger partial charge in [0.15, 0.2) is 5.82 Å². The predicted molar refractivity (Wildman–Crippen MR) is 132 cm³/mol. The van der Waals surface area contributed by atoms with Crippen molar-refractivity contribution in [1.29, 1.82) is 0 Å². The van der Waals surface area contributed by atoms with E-state index in [-0.39, 0.29) is 48.6 Å². The van der Waals surface area contributed by atoms with Crippen LogP contribution in [0.2, 0.25) is 0 Å². The van der Waals surface area contributed by atoms with Crippen molar-refractivity contribution >= 4 is 23.9 Å². The number of aliphatic hydroxyl groups is 1. The van der Waals surface area contributed by atoms with Crippen molar-refractivity contribution in [3.05, 3.63) is 11.8 Å². The smallest absolute Gasteiger partial charge is 0.345 e. The highest BCUT2D eigenvalue weighted by Gasteiger charge is 2.24. The van der Waals surface area contributed by atoms with Crippen LogP contribution in [0, 0.1) is 5.92 Å². The SMILES string of the molecule is C[C@@H](COC(F)F)Nc1ncc(C(=O)NC2CCN(CCOC(F)F)CC2)c(/N=C\C2CCC(O)CC2)n1. The molecule has 10 nitrogen and oxygen atoms in total. The number of alkyl halides is 4. The second kappa shape index (κ2) is 15.2. The van der Waals surface area contributed by atoms with E-state index in [1.807, 2.05) is 4.90 Å². The molecule has 1 atom stereocenters. The number of anilines is 1. The number of aromatic nitrogens is 2. The first-order valence-corrected chi connectivity index (χ1v) is 12.9. The quantitative estimate of drug-likeness (QED) is 0.254. The Hall–Kier alpha value is -2.42. The summed E-state index contributed by atoms with van der Waals surface area (Å²) in [6.45, 7) is -2.70. The highest BCUT2D eigenvalue weighted by Crippen LogP contribution is 2.25. The summed E-state index contributed by atoms with van der Waals surface area (Å²) in [6, 6.07) is -0.632. The summed E-state index contributed by atoms with van der Waals surface area (Å²) in [5.41, 5.74) is 0.173. The van der Waals surface area contributed by atoms with Crippen LogP contribution in [-0.4, -0.2) is 96.4 Å². The average molecular weight is 549 g/mol. The van der Waals surface area contributed by atoms with Crippen molar-refractivity contribution in [2.24, 2.45) is 10.9 Å². The van der Waals surface area contributed by atoms with E-state index in [0.717, 1.165) is 12.8 Å². The van der Waals surface area contributed by atoms with Gasteiger partial charge in [0, 0.05) is 44.1 Å². The van der Waals surface area contributed by atoms with Crippen molar-refractivity contribution in [1.82, 2.24) is 20.2 Å². The number of carbonyl (C=O) groups is 1. The second-order valence-corrected chi connectivity index (χ2v) is 9.64. The van der Waals surface area contributed by atoms with E-state index in [9.17, 15) is 27.5 Å². The Balaban J connectivity index is 1.63. The predicted octanol–water partition coefficient (Wildman–Crippen LogP) is 3.20. The van der Waals surface area contributed by atoms with Crippen LogP contribution in [0.3, 0.4) is 0 Å². The fourth-order valence-corrected chi connectivity index (χ4v) is 4.44. The molecule has 1 aromatic heterocycles. The molecule has 0 spiro atoms. The van der Waals surface area contributed by atoms with Crippen molar-refractivity contribution in [3.8, 4) is 0 Å². The minimum absolute atomic E-state index is 0.0549. The number of ether oxygens (including phenoxy) is 2. The lowest BCUT2D eigenvalue weighted by Gasteiger charge is -2.32. The Morgan fingerprint density at radius 2 is 1.84 bits per heavy atom. The van der Waals surface area contributed by atoms with E-state index >= 15 is 0 Å². The standard InChI is InChI=1S/C24H36F4N6O4/c1-15(14-38-23(27)28)31-24-30-13-19(20(33-24)29-12-16-2-4-18(35)5-3-16)21(36)32-17-6-8-34(9-7-17)10-11-37-22(25)26/h12-13,15-18,22-23,35H,2-11,14H2,1H3,(H,32,36)(H,30,31,33)/b29-12-/t15-,16?,18?/m0/s1. The topological polar surface area (TPSA) is 121 Å². The number of hydrogen-bond acceptors (Lipinski definition) is 9. The summed E-state index contributed by atoms with van der Waals surface area (Å²) in [5.74, 6) is 0.0147. The Kier molecular flexibility index (Phi) is 12.1. The summed E-state index contributed by atoms with van der Waals surface area (Å²) >= 11 is 0. The minimum Gasteiger partial charge on any atom is -0.393 e. The first-order chi connectivity index (χ1) is 18.2. The number of likely N-dealkylation sites (tertiary alicyclic amines) is 1. The van der Waals surface area contributed by atoms with Crippen LogP contribution in [0.15, 0.2) is 11.2 Å². The van der Waals surface area contributed by atoms with Gasteiger partial charge in [0.25, 0.3) is 5.91 Å². The van der Waals surface area contributed by atoms with Crippen LogP contribution in [-0.2, 0) is 9.47 Å². The van der Waals surface area contributed by atoms with Gasteiger partial charge in [-0.3, -0.25) is 4.79 Å². The van der Waals surface area contributed by atoms with Crippen molar-refractivity contribution < 1.29 is 36.9 Å². The molecular weight excluding hydrogens is 512 g/mol. The van der Waals surface area contributed by atoms with E-state index in [0.29, 0.717) is 45.3 Å². The molecule has 1 saturated heterocycles. The zero-order valence-electron chi connectivity index (χ0n) is 21.4. The maximum absolute atomic E-state index is 13.1. The Morgan fingerprint density at radius 3 is 2.50 bits per heavy atom. The van der Waals surface area contributed by atoms with Crippen LogP contribution < -0.4 is 10.6 Å². The van der Waals surface area contributed by atoms with Crippen molar-refractivity contribution in [2.75, 3.05) is 38.2 Å². The van der Waals surface area contributed by atoms with E-state index in [4.69, 9.17) is 0 Å². The molecule has 3 N–H and O–H groups in total. The Bertz CT molecular complexity index is 897. The largest absolute Gasteiger partial charge is 0.393 e. The summed E-state index contributed by atoms with van der Waals surface area (Å²) in [7, 11) is 0. The van der Waals surface area contributed by atoms with Crippen molar-refractivity contribution in [3.63, 3.8) is 0 Å². The lowest BCUT2D eigenvalue weighted by molar-refractivity contribution is -0.132. The highest BCUT2D eigenvalue weighted by atomic mass is 19.3. The molecule has 1 aliphatic heterocycles. The van der Waals surface area contributed by atoms with Gasteiger partial charge in [-0.25, -0.2) is 9.98 Å². The van der Waals surface area contributed by atoms with E-state index < -0.39 is 25.2 Å². The number of rotatable bonds is 13. The first kappa shape index (κ1) is 30.1. The van der Waals surface area contributed by atoms with E-state index in [1.54, 1.807) is 13.1 Å². The molecule has 0 radical (unpaired) electrons. The normalized spacial score (nSPS) is 22.3. The molecule has 38 heavy (non-hydrogen) atoms. The van der Waals surface area contributed by atoms with Gasteiger partial charge in [-0.05, 0) is 51.4 Å². The monoisotopic (exact) mass is 548 g/mol. The molecule has 0 bridgehead atoms. The second-order valence-electron chi connectivity index (χ2n) is 9.64. The maximum Gasteiger partial charge on any atom is 0.345 e.